The van der Waals surface area contributed by atoms with Crippen molar-refractivity contribution in [1.29, 1.82) is 0 Å². The monoisotopic (exact) mass is 527 g/mol. The lowest BCUT2D eigenvalue weighted by atomic mass is 10.2. The number of amides is 2. The molecule has 37 heavy (non-hydrogen) atoms. The molecule has 12 heteroatoms. The highest BCUT2D eigenvalue weighted by atomic mass is 35.5. The van der Waals surface area contributed by atoms with Crippen LogP contribution in [0.25, 0.3) is 0 Å². The van der Waals surface area contributed by atoms with Crippen LogP contribution in [0, 0.1) is 0 Å². The minimum atomic E-state index is -0.342. The van der Waals surface area contributed by atoms with Gasteiger partial charge < -0.3 is 30.0 Å². The number of nitrogens with zero attached hydrogens (tertiary/aromatic N) is 4. The number of aromatic nitrogens is 2. The Bertz CT molecular complexity index is 1180. The summed E-state index contributed by atoms with van der Waals surface area (Å²) in [5.74, 6) is 0.755. The lowest BCUT2D eigenvalue weighted by Gasteiger charge is -2.36. The number of benzene rings is 1. The molecule has 3 N–H and O–H groups in total. The maximum absolute atomic E-state index is 12.4. The summed E-state index contributed by atoms with van der Waals surface area (Å²) in [6.07, 6.45) is 2.97. The Balaban J connectivity index is 1.17. The number of hydrogen-bond donors (Lipinski definition) is 3. The van der Waals surface area contributed by atoms with Gasteiger partial charge in [0.15, 0.2) is 5.76 Å². The van der Waals surface area contributed by atoms with Gasteiger partial charge in [0, 0.05) is 63.6 Å². The Kier molecular flexibility index (Phi) is 9.17. The van der Waals surface area contributed by atoms with E-state index in [0.717, 1.165) is 44.2 Å². The zero-order valence-corrected chi connectivity index (χ0v) is 21.3. The molecule has 0 saturated carbocycles. The molecular weight excluding hydrogens is 498 g/mol. The number of carbonyl (C=O) groups excluding carboxylic acids is 2. The third-order valence-corrected chi connectivity index (χ3v) is 6.13. The number of anilines is 2. The van der Waals surface area contributed by atoms with Crippen molar-refractivity contribution < 1.29 is 18.7 Å². The van der Waals surface area contributed by atoms with Gasteiger partial charge in [-0.25, -0.2) is 9.97 Å². The van der Waals surface area contributed by atoms with Crippen LogP contribution in [-0.2, 0) is 0 Å². The molecule has 1 aromatic carbocycles. The number of ether oxygens (including phenoxy) is 1. The van der Waals surface area contributed by atoms with Crippen LogP contribution in [0.5, 0.6) is 5.75 Å². The average Bonchev–Trinajstić information content (AvgIpc) is 3.47. The van der Waals surface area contributed by atoms with E-state index in [4.69, 9.17) is 20.8 Å². The van der Waals surface area contributed by atoms with E-state index in [1.807, 2.05) is 18.2 Å². The smallest absolute Gasteiger partial charge is 0.287 e. The summed E-state index contributed by atoms with van der Waals surface area (Å²) in [5.41, 5.74) is 1.26. The van der Waals surface area contributed by atoms with Gasteiger partial charge in [-0.3, -0.25) is 14.5 Å². The number of hydrogen-bond acceptors (Lipinski definition) is 9. The molecule has 1 aliphatic rings. The Hall–Kier alpha value is -3.83. The molecule has 2 aromatic heterocycles. The number of piperazine rings is 1. The van der Waals surface area contributed by atoms with E-state index in [1.165, 1.54) is 6.26 Å². The predicted molar refractivity (Wildman–Crippen MR) is 141 cm³/mol. The second-order valence-corrected chi connectivity index (χ2v) is 8.76. The van der Waals surface area contributed by atoms with E-state index < -0.39 is 0 Å². The number of furan rings is 1. The molecule has 0 spiro atoms. The molecule has 4 rings (SSSR count). The van der Waals surface area contributed by atoms with Gasteiger partial charge in [-0.1, -0.05) is 11.6 Å². The normalized spacial score (nSPS) is 13.7. The van der Waals surface area contributed by atoms with Gasteiger partial charge >= 0.3 is 0 Å². The van der Waals surface area contributed by atoms with E-state index >= 15 is 0 Å². The molecule has 3 heterocycles. The van der Waals surface area contributed by atoms with Crippen molar-refractivity contribution in [2.24, 2.45) is 0 Å². The third kappa shape index (κ3) is 7.34. The highest BCUT2D eigenvalue weighted by molar-refractivity contribution is 6.30. The summed E-state index contributed by atoms with van der Waals surface area (Å²) >= 11 is 6.18. The highest BCUT2D eigenvalue weighted by Gasteiger charge is 2.20. The number of nitrogens with one attached hydrogen (secondary N) is 3. The molecule has 2 amide bonds. The second kappa shape index (κ2) is 12.9. The van der Waals surface area contributed by atoms with Crippen LogP contribution >= 0.6 is 11.6 Å². The maximum Gasteiger partial charge on any atom is 0.287 e. The number of carbonyl (C=O) groups is 2. The molecule has 3 aromatic rings. The van der Waals surface area contributed by atoms with Gasteiger partial charge in [0.05, 0.1) is 19.1 Å². The van der Waals surface area contributed by atoms with E-state index in [0.29, 0.717) is 17.5 Å². The van der Waals surface area contributed by atoms with Gasteiger partial charge in [-0.2, -0.15) is 0 Å². The summed E-state index contributed by atoms with van der Waals surface area (Å²) in [5, 5.41) is 9.28. The van der Waals surface area contributed by atoms with Crippen LogP contribution in [0.15, 0.2) is 53.3 Å². The average molecular weight is 528 g/mol. The number of rotatable bonds is 11. The lowest BCUT2D eigenvalue weighted by Crippen LogP contribution is -2.47. The zero-order valence-electron chi connectivity index (χ0n) is 20.6. The van der Waals surface area contributed by atoms with Crippen LogP contribution in [-0.4, -0.2) is 86.2 Å². The molecule has 0 aliphatic carbocycles. The first-order chi connectivity index (χ1) is 18.0. The van der Waals surface area contributed by atoms with Gasteiger partial charge in [0.25, 0.3) is 11.8 Å². The molecule has 0 atom stereocenters. The molecule has 196 valence electrons. The van der Waals surface area contributed by atoms with Crippen LogP contribution in [0.3, 0.4) is 0 Å². The van der Waals surface area contributed by atoms with Crippen molar-refractivity contribution in [2.45, 2.75) is 0 Å². The van der Waals surface area contributed by atoms with Crippen molar-refractivity contribution >= 4 is 35.1 Å². The van der Waals surface area contributed by atoms with Crippen molar-refractivity contribution in [3.63, 3.8) is 0 Å². The van der Waals surface area contributed by atoms with Crippen LogP contribution in [0.2, 0.25) is 5.02 Å². The lowest BCUT2D eigenvalue weighted by molar-refractivity contribution is 0.0909. The Morgan fingerprint density at radius 3 is 2.57 bits per heavy atom. The van der Waals surface area contributed by atoms with E-state index in [2.05, 4.69) is 35.7 Å². The minimum absolute atomic E-state index is 0.223. The largest absolute Gasteiger partial charge is 0.495 e. The molecule has 0 unspecified atom stereocenters. The molecule has 0 radical (unpaired) electrons. The van der Waals surface area contributed by atoms with Crippen LogP contribution in [0.1, 0.15) is 21.0 Å². The molecular formula is C25H30ClN7O4. The van der Waals surface area contributed by atoms with Crippen molar-refractivity contribution in [3.8, 4) is 5.75 Å². The molecule has 11 nitrogen and oxygen atoms in total. The highest BCUT2D eigenvalue weighted by Crippen LogP contribution is 2.31. The van der Waals surface area contributed by atoms with Crippen molar-refractivity contribution in [2.75, 3.05) is 69.7 Å². The zero-order chi connectivity index (χ0) is 26.0. The SMILES string of the molecule is COc1ccc(Cl)cc1N1CCN(CCNc2nccc(C(=O)NCCNC(=O)c3ccco3)n2)CC1. The fourth-order valence-corrected chi connectivity index (χ4v) is 4.12. The fourth-order valence-electron chi connectivity index (χ4n) is 3.96. The first-order valence-corrected chi connectivity index (χ1v) is 12.4. The topological polar surface area (TPSA) is 125 Å². The summed E-state index contributed by atoms with van der Waals surface area (Å²) in [6, 6.07) is 10.4. The van der Waals surface area contributed by atoms with E-state index in [1.54, 1.807) is 31.5 Å². The first kappa shape index (κ1) is 26.2. The first-order valence-electron chi connectivity index (χ1n) is 12.0. The Morgan fingerprint density at radius 1 is 1.05 bits per heavy atom. The molecule has 0 bridgehead atoms. The number of halogens is 1. The Morgan fingerprint density at radius 2 is 1.84 bits per heavy atom. The van der Waals surface area contributed by atoms with E-state index in [9.17, 15) is 9.59 Å². The third-order valence-electron chi connectivity index (χ3n) is 5.89. The van der Waals surface area contributed by atoms with Gasteiger partial charge in [0.2, 0.25) is 5.95 Å². The molecule has 1 saturated heterocycles. The summed E-state index contributed by atoms with van der Waals surface area (Å²) in [7, 11) is 1.67. The predicted octanol–water partition coefficient (Wildman–Crippen LogP) is 2.13. The second-order valence-electron chi connectivity index (χ2n) is 8.33. The van der Waals surface area contributed by atoms with E-state index in [-0.39, 0.29) is 36.4 Å². The summed E-state index contributed by atoms with van der Waals surface area (Å²) in [4.78, 5) is 37.4. The fraction of sp³-hybridized carbons (Fsp3) is 0.360. The van der Waals surface area contributed by atoms with Crippen LogP contribution in [0.4, 0.5) is 11.6 Å². The molecule has 1 fully saturated rings. The summed E-state index contributed by atoms with van der Waals surface area (Å²) < 4.78 is 10.5. The summed E-state index contributed by atoms with van der Waals surface area (Å²) in [6.45, 7) is 5.51. The standard InChI is InChI=1S/C25H30ClN7O4/c1-36-21-5-4-18(26)17-20(21)33-14-12-32(13-15-33)11-10-30-25-29-7-6-19(31-25)23(34)27-8-9-28-24(35)22-3-2-16-37-22/h2-7,16-17H,8-15H2,1H3,(H,27,34)(H,28,35)(H,29,30,31). The molecule has 1 aliphatic heterocycles. The van der Waals surface area contributed by atoms with Gasteiger partial charge in [0.1, 0.15) is 11.4 Å². The van der Waals surface area contributed by atoms with Crippen molar-refractivity contribution in [3.05, 3.63) is 65.3 Å². The number of methoxy groups -OCH3 is 1. The Labute approximate surface area is 220 Å². The van der Waals surface area contributed by atoms with Crippen LogP contribution < -0.4 is 25.6 Å². The quantitative estimate of drug-likeness (QED) is 0.321. The van der Waals surface area contributed by atoms with Crippen molar-refractivity contribution in [1.82, 2.24) is 25.5 Å². The van der Waals surface area contributed by atoms with Gasteiger partial charge in [-0.15, -0.1) is 0 Å². The van der Waals surface area contributed by atoms with Gasteiger partial charge in [-0.05, 0) is 36.4 Å². The maximum atomic E-state index is 12.4. The minimum Gasteiger partial charge on any atom is -0.495 e.